The van der Waals surface area contributed by atoms with Gasteiger partial charge in [-0.3, -0.25) is 5.92 Å². The van der Waals surface area contributed by atoms with Gasteiger partial charge in [-0.15, -0.1) is 0 Å². The molecule has 0 aromatic heterocycles. The summed E-state index contributed by atoms with van der Waals surface area (Å²) in [6.07, 6.45) is 0. The van der Waals surface area contributed by atoms with Gasteiger partial charge in [-0.05, 0) is 11.8 Å². The van der Waals surface area contributed by atoms with Crippen molar-refractivity contribution in [3.05, 3.63) is 12.0 Å². The third kappa shape index (κ3) is 3.54. The zero-order valence-corrected chi connectivity index (χ0v) is 14.3. The van der Waals surface area contributed by atoms with E-state index in [0.29, 0.717) is 0 Å². The predicted octanol–water partition coefficient (Wildman–Crippen LogP) is 2.21. The van der Waals surface area contributed by atoms with Gasteiger partial charge in [-0.25, -0.2) is 14.5 Å². The molecule has 0 radical (unpaired) electrons. The molecule has 90 valence electrons. The van der Waals surface area contributed by atoms with Gasteiger partial charge in [0.1, 0.15) is 0 Å². The van der Waals surface area contributed by atoms with Crippen LogP contribution in [-0.2, 0) is 31.1 Å². The second-order valence-electron chi connectivity index (χ2n) is 4.43. The summed E-state index contributed by atoms with van der Waals surface area (Å²) >= 11 is 0. The van der Waals surface area contributed by atoms with Crippen molar-refractivity contribution >= 4 is 10.0 Å². The van der Waals surface area contributed by atoms with Gasteiger partial charge in [0.05, 0.1) is 0 Å². The minimum Gasteiger partial charge on any atom is -0.354 e. The van der Waals surface area contributed by atoms with Gasteiger partial charge >= 0.3 is 21.1 Å². The molecule has 0 aliphatic heterocycles. The molecule has 0 fully saturated rings. The summed E-state index contributed by atoms with van der Waals surface area (Å²) < 4.78 is 24.8. The van der Waals surface area contributed by atoms with Crippen LogP contribution in [0, 0.1) is 12.0 Å². The molecule has 0 heterocycles. The number of sulfonamides is 1. The summed E-state index contributed by atoms with van der Waals surface area (Å²) in [4.78, 5) is 0. The first kappa shape index (κ1) is 18.0. The van der Waals surface area contributed by atoms with Crippen LogP contribution in [0.25, 0.3) is 0 Å². The number of nitrogens with zero attached hydrogens (tertiary/aromatic N) is 1. The van der Waals surface area contributed by atoms with E-state index in [1.807, 2.05) is 13.8 Å². The van der Waals surface area contributed by atoms with E-state index in [4.69, 9.17) is 0 Å². The maximum Gasteiger partial charge on any atom is 2.00 e. The average molecular weight is 403 g/mol. The Balaban J connectivity index is 0. The standard InChI is InChI=1S/C10H21NO2S.W/c1-8(2)10(5,6)14(12,13)11(7)9(3)4;/h1-7H3;/q-2;+2. The van der Waals surface area contributed by atoms with Crippen molar-refractivity contribution in [2.75, 3.05) is 7.05 Å². The van der Waals surface area contributed by atoms with Gasteiger partial charge in [0, 0.05) is 0 Å². The van der Waals surface area contributed by atoms with E-state index in [1.165, 1.54) is 4.31 Å². The van der Waals surface area contributed by atoms with Crippen molar-refractivity contribution in [1.82, 2.24) is 4.31 Å². The van der Waals surface area contributed by atoms with Crippen molar-refractivity contribution in [2.24, 2.45) is 0 Å². The molecule has 0 amide bonds. The fraction of sp³-hybridized carbons (Fsp3) is 0.800. The Bertz CT molecular complexity index is 284. The molecule has 5 heteroatoms. The second-order valence-corrected chi connectivity index (χ2v) is 6.95. The van der Waals surface area contributed by atoms with Crippen molar-refractivity contribution in [3.8, 4) is 0 Å². The van der Waals surface area contributed by atoms with E-state index in [2.05, 4.69) is 0 Å². The fourth-order valence-corrected chi connectivity index (χ4v) is 2.52. The molecule has 15 heavy (non-hydrogen) atoms. The molecule has 0 N–H and O–H groups in total. The number of rotatable bonds is 4. The van der Waals surface area contributed by atoms with Crippen LogP contribution in [0.1, 0.15) is 41.5 Å². The molecule has 0 atom stereocenters. The van der Waals surface area contributed by atoms with Crippen LogP contribution < -0.4 is 0 Å². The molecule has 0 unspecified atom stereocenters. The number of hydrogen-bond acceptors (Lipinski definition) is 2. The van der Waals surface area contributed by atoms with Crippen LogP contribution in [0.4, 0.5) is 0 Å². The summed E-state index contributed by atoms with van der Waals surface area (Å²) in [6, 6.07) is 0.777. The Morgan fingerprint density at radius 3 is 1.60 bits per heavy atom. The molecule has 0 bridgehead atoms. The van der Waals surface area contributed by atoms with E-state index >= 15 is 0 Å². The molecular weight excluding hydrogens is 382 g/mol. The van der Waals surface area contributed by atoms with Gasteiger partial charge in [-0.2, -0.15) is 27.7 Å². The molecule has 0 spiro atoms. The van der Waals surface area contributed by atoms with Gasteiger partial charge in [0.2, 0.25) is 0 Å². The van der Waals surface area contributed by atoms with E-state index in [9.17, 15) is 8.42 Å². The van der Waals surface area contributed by atoms with Crippen LogP contribution in [-0.4, -0.2) is 24.5 Å². The smallest absolute Gasteiger partial charge is 0.354 e. The van der Waals surface area contributed by atoms with Gasteiger partial charge < -0.3 is 4.31 Å². The van der Waals surface area contributed by atoms with Crippen molar-refractivity contribution in [3.63, 3.8) is 0 Å². The van der Waals surface area contributed by atoms with Crippen molar-refractivity contribution in [2.45, 2.75) is 46.3 Å². The average Bonchev–Trinajstić information content (AvgIpc) is 2.01. The quantitative estimate of drug-likeness (QED) is 0.676. The first-order chi connectivity index (χ1) is 6.05. The van der Waals surface area contributed by atoms with E-state index < -0.39 is 14.8 Å². The van der Waals surface area contributed by atoms with Crippen molar-refractivity contribution in [1.29, 1.82) is 0 Å². The molecule has 0 aliphatic rings. The molecule has 0 aromatic rings. The summed E-state index contributed by atoms with van der Waals surface area (Å²) in [5, 5.41) is 0. The van der Waals surface area contributed by atoms with Crippen molar-refractivity contribution < 1.29 is 29.5 Å². The van der Waals surface area contributed by atoms with Crippen LogP contribution in [0.2, 0.25) is 0 Å². The Kier molecular flexibility index (Phi) is 6.94. The fourth-order valence-electron chi connectivity index (χ4n) is 0.841. The molecular formula is C10H21NO2SW. The maximum absolute atomic E-state index is 12.1. The zero-order chi connectivity index (χ0) is 11.7. The Morgan fingerprint density at radius 1 is 1.07 bits per heavy atom. The van der Waals surface area contributed by atoms with E-state index in [-0.39, 0.29) is 21.1 Å². The predicted molar refractivity (Wildman–Crippen MR) is 59.9 cm³/mol. The largest absolute Gasteiger partial charge is 2.00 e. The first-order valence-corrected chi connectivity index (χ1v) is 6.08. The van der Waals surface area contributed by atoms with Gasteiger partial charge in [0.25, 0.3) is 0 Å². The third-order valence-electron chi connectivity index (χ3n) is 2.84. The summed E-state index contributed by atoms with van der Waals surface area (Å²) in [7, 11) is -1.69. The Morgan fingerprint density at radius 2 is 1.40 bits per heavy atom. The second kappa shape index (κ2) is 5.79. The molecule has 0 saturated heterocycles. The summed E-state index contributed by atoms with van der Waals surface area (Å²) in [5.74, 6) is 0.894. The molecule has 0 aromatic carbocycles. The maximum atomic E-state index is 12.1. The molecule has 0 saturated carbocycles. The minimum atomic E-state index is -3.28. The van der Waals surface area contributed by atoms with Gasteiger partial charge in [0.15, 0.2) is 10.0 Å². The zero-order valence-electron chi connectivity index (χ0n) is 10.6. The molecule has 0 rings (SSSR count). The van der Waals surface area contributed by atoms with Crippen LogP contribution in [0.3, 0.4) is 0 Å². The minimum absolute atomic E-state index is 0. The topological polar surface area (TPSA) is 37.4 Å². The Labute approximate surface area is 109 Å². The Hall–Kier alpha value is 0.598. The summed E-state index contributed by atoms with van der Waals surface area (Å²) in [5.41, 5.74) is 0. The SMILES string of the molecule is C[C-](C)N(C)S(=O)(=O)C(C)(C)[C-](C)C.[W+2]. The van der Waals surface area contributed by atoms with Crippen LogP contribution in [0.5, 0.6) is 0 Å². The normalized spacial score (nSPS) is 13.5. The van der Waals surface area contributed by atoms with Crippen LogP contribution >= 0.6 is 0 Å². The summed E-state index contributed by atoms with van der Waals surface area (Å²) in [6.45, 7) is 10.7. The van der Waals surface area contributed by atoms with E-state index in [0.717, 1.165) is 12.0 Å². The first-order valence-electron chi connectivity index (χ1n) is 4.64. The van der Waals surface area contributed by atoms with Gasteiger partial charge in [-0.1, -0.05) is 13.8 Å². The monoisotopic (exact) mass is 403 g/mol. The van der Waals surface area contributed by atoms with E-state index in [1.54, 1.807) is 34.7 Å². The third-order valence-corrected chi connectivity index (χ3v) is 5.62. The molecule has 0 aliphatic carbocycles. The van der Waals surface area contributed by atoms with Crippen LogP contribution in [0.15, 0.2) is 0 Å². The molecule has 3 nitrogen and oxygen atoms in total. The number of hydrogen-bond donors (Lipinski definition) is 0.